The van der Waals surface area contributed by atoms with Crippen LogP contribution in [0.4, 0.5) is 20.2 Å². The van der Waals surface area contributed by atoms with Crippen LogP contribution in [0.3, 0.4) is 0 Å². The van der Waals surface area contributed by atoms with Crippen molar-refractivity contribution in [2.75, 3.05) is 16.6 Å². The molecule has 0 saturated carbocycles. The van der Waals surface area contributed by atoms with Crippen molar-refractivity contribution in [3.63, 3.8) is 0 Å². The molecule has 0 amide bonds. The van der Waals surface area contributed by atoms with Gasteiger partial charge >= 0.3 is 0 Å². The van der Waals surface area contributed by atoms with Crippen LogP contribution in [0.2, 0.25) is 0 Å². The molecule has 0 radical (unpaired) electrons. The number of sulfonamides is 2. The van der Waals surface area contributed by atoms with Gasteiger partial charge in [-0.3, -0.25) is 9.44 Å². The van der Waals surface area contributed by atoms with Crippen molar-refractivity contribution in [3.8, 4) is 5.75 Å². The molecule has 0 atom stereocenters. The van der Waals surface area contributed by atoms with Crippen LogP contribution in [0.15, 0.2) is 64.4 Å². The number of halogens is 4. The Labute approximate surface area is 211 Å². The van der Waals surface area contributed by atoms with Gasteiger partial charge in [-0.05, 0) is 99.8 Å². The number of methoxy groups -OCH3 is 1. The highest BCUT2D eigenvalue weighted by molar-refractivity contribution is 14.1. The summed E-state index contributed by atoms with van der Waals surface area (Å²) in [5.74, 6) is -1.76. The smallest absolute Gasteiger partial charge is 0.265 e. The van der Waals surface area contributed by atoms with Gasteiger partial charge in [-0.25, -0.2) is 25.6 Å². The Balaban J connectivity index is 2.02. The summed E-state index contributed by atoms with van der Waals surface area (Å²) in [6, 6.07) is 10.9. The van der Waals surface area contributed by atoms with Crippen LogP contribution in [0, 0.1) is 18.8 Å². The molecule has 0 aliphatic heterocycles. The molecule has 0 spiro atoms. The minimum Gasteiger partial charge on any atom is -0.495 e. The number of hydrogen-bond acceptors (Lipinski definition) is 5. The maximum absolute atomic E-state index is 14.2. The van der Waals surface area contributed by atoms with Gasteiger partial charge in [-0.2, -0.15) is 0 Å². The van der Waals surface area contributed by atoms with Gasteiger partial charge in [0.1, 0.15) is 22.3 Å². The first-order valence-corrected chi connectivity index (χ1v) is 13.7. The molecule has 0 unspecified atom stereocenters. The zero-order valence-electron chi connectivity index (χ0n) is 16.1. The van der Waals surface area contributed by atoms with Crippen LogP contribution in [-0.4, -0.2) is 23.9 Å². The Hall–Kier alpha value is -1.72. The van der Waals surface area contributed by atoms with Crippen LogP contribution in [0.5, 0.6) is 5.75 Å². The zero-order chi connectivity index (χ0) is 23.7. The van der Waals surface area contributed by atoms with Gasteiger partial charge in [-0.15, -0.1) is 0 Å². The van der Waals surface area contributed by atoms with E-state index >= 15 is 0 Å². The van der Waals surface area contributed by atoms with Gasteiger partial charge in [0.25, 0.3) is 20.0 Å². The topological polar surface area (TPSA) is 102 Å². The highest BCUT2D eigenvalue weighted by atomic mass is 127. The monoisotopic (exact) mass is 706 g/mol. The first-order chi connectivity index (χ1) is 14.9. The maximum Gasteiger partial charge on any atom is 0.265 e. The van der Waals surface area contributed by atoms with E-state index < -0.39 is 41.5 Å². The Morgan fingerprint density at radius 2 is 1.25 bits per heavy atom. The van der Waals surface area contributed by atoms with Crippen LogP contribution in [0.25, 0.3) is 0 Å². The van der Waals surface area contributed by atoms with E-state index in [4.69, 9.17) is 4.74 Å². The van der Waals surface area contributed by atoms with E-state index in [1.807, 2.05) is 45.2 Å². The molecule has 3 aromatic rings. The van der Waals surface area contributed by atoms with Gasteiger partial charge in [0.15, 0.2) is 0 Å². The highest BCUT2D eigenvalue weighted by Crippen LogP contribution is 2.30. The lowest BCUT2D eigenvalue weighted by molar-refractivity contribution is 0.402. The number of rotatable bonds is 7. The Morgan fingerprint density at radius 3 is 1.72 bits per heavy atom. The van der Waals surface area contributed by atoms with Gasteiger partial charge < -0.3 is 4.74 Å². The van der Waals surface area contributed by atoms with Crippen molar-refractivity contribution < 1.29 is 30.4 Å². The summed E-state index contributed by atoms with van der Waals surface area (Å²) in [6.07, 6.45) is 0. The molecule has 0 saturated heterocycles. The van der Waals surface area contributed by atoms with Gasteiger partial charge in [0, 0.05) is 7.14 Å². The summed E-state index contributed by atoms with van der Waals surface area (Å²) >= 11 is 3.74. The molecule has 0 fully saturated rings. The third kappa shape index (κ3) is 5.60. The van der Waals surface area contributed by atoms with E-state index in [0.29, 0.717) is 7.14 Å². The third-order valence-electron chi connectivity index (χ3n) is 4.09. The molecule has 0 aliphatic carbocycles. The van der Waals surface area contributed by atoms with Gasteiger partial charge in [-0.1, -0.05) is 0 Å². The molecule has 0 aromatic heterocycles. The summed E-state index contributed by atoms with van der Waals surface area (Å²) < 4.78 is 90.0. The van der Waals surface area contributed by atoms with E-state index in [1.165, 1.54) is 31.4 Å². The van der Waals surface area contributed by atoms with Crippen LogP contribution < -0.4 is 14.2 Å². The summed E-state index contributed by atoms with van der Waals surface area (Å²) in [7, 11) is -7.60. The Morgan fingerprint density at radius 1 is 0.750 bits per heavy atom. The molecule has 7 nitrogen and oxygen atoms in total. The maximum atomic E-state index is 14.2. The van der Waals surface area contributed by atoms with Crippen LogP contribution >= 0.6 is 45.2 Å². The summed E-state index contributed by atoms with van der Waals surface area (Å²) in [5, 5.41) is 0. The second-order valence-corrected chi connectivity index (χ2v) is 12.1. The van der Waals surface area contributed by atoms with Crippen LogP contribution in [-0.2, 0) is 20.0 Å². The molecular weight excluding hydrogens is 692 g/mol. The molecule has 3 rings (SSSR count). The van der Waals surface area contributed by atoms with E-state index in [1.54, 1.807) is 0 Å². The van der Waals surface area contributed by atoms with E-state index in [2.05, 4.69) is 9.44 Å². The molecular formula is C19H14F2I2N2O5S2. The van der Waals surface area contributed by atoms with E-state index in [-0.39, 0.29) is 17.1 Å². The fourth-order valence-corrected chi connectivity index (χ4v) is 5.92. The summed E-state index contributed by atoms with van der Waals surface area (Å²) in [5.41, 5.74) is -0.621. The molecule has 2 N–H and O–H groups in total. The summed E-state index contributed by atoms with van der Waals surface area (Å²) in [6.45, 7) is 0. The predicted octanol–water partition coefficient (Wildman–Crippen LogP) is 4.78. The lowest BCUT2D eigenvalue weighted by Gasteiger charge is -2.15. The standard InChI is InChI=1S/C19H14F2I2N2O5S2/c1-30-18-7-4-13(31(26,27)24-16-5-2-11(22)8-14(16)20)10-19(18)32(28,29)25-17-6-3-12(23)9-15(17)21/h2-10,24-25H,1H3. The van der Waals surface area contributed by atoms with Gasteiger partial charge in [0.05, 0.1) is 23.4 Å². The average Bonchev–Trinajstić information content (AvgIpc) is 2.71. The van der Waals surface area contributed by atoms with Gasteiger partial charge in [0.2, 0.25) is 0 Å². The SMILES string of the molecule is COc1ccc(S(=O)(=O)Nc2ccc(I)cc2F)cc1S(=O)(=O)Nc1ccc(I)cc1F. The molecule has 170 valence electrons. The van der Waals surface area contributed by atoms with E-state index in [9.17, 15) is 25.6 Å². The first kappa shape index (κ1) is 24.9. The first-order valence-electron chi connectivity index (χ1n) is 8.57. The molecule has 0 bridgehead atoms. The molecule has 3 aromatic carbocycles. The van der Waals surface area contributed by atoms with Crippen molar-refractivity contribution in [2.24, 2.45) is 0 Å². The number of nitrogens with one attached hydrogen (secondary N) is 2. The number of hydrogen-bond donors (Lipinski definition) is 2. The van der Waals surface area contributed by atoms with Crippen molar-refractivity contribution in [3.05, 3.63) is 73.4 Å². The molecule has 13 heteroatoms. The lowest BCUT2D eigenvalue weighted by Crippen LogP contribution is -2.18. The van der Waals surface area contributed by atoms with Crippen molar-refractivity contribution in [1.82, 2.24) is 0 Å². The zero-order valence-corrected chi connectivity index (χ0v) is 22.0. The molecule has 0 aliphatic rings. The van der Waals surface area contributed by atoms with Crippen molar-refractivity contribution in [2.45, 2.75) is 9.79 Å². The average molecular weight is 706 g/mol. The Bertz CT molecular complexity index is 1400. The summed E-state index contributed by atoms with van der Waals surface area (Å²) in [4.78, 5) is -0.997. The largest absolute Gasteiger partial charge is 0.495 e. The lowest BCUT2D eigenvalue weighted by atomic mass is 10.3. The van der Waals surface area contributed by atoms with Crippen LogP contribution in [0.1, 0.15) is 0 Å². The fourth-order valence-electron chi connectivity index (χ4n) is 2.58. The van der Waals surface area contributed by atoms with Crippen molar-refractivity contribution >= 4 is 76.6 Å². The molecule has 32 heavy (non-hydrogen) atoms. The quantitative estimate of drug-likeness (QED) is 0.345. The normalized spacial score (nSPS) is 11.8. The third-order valence-corrected chi connectivity index (χ3v) is 8.18. The number of anilines is 2. The number of benzene rings is 3. The fraction of sp³-hybridized carbons (Fsp3) is 0.0526. The Kier molecular flexibility index (Phi) is 7.51. The predicted molar refractivity (Wildman–Crippen MR) is 133 cm³/mol. The van der Waals surface area contributed by atoms with E-state index in [0.717, 1.165) is 30.3 Å². The van der Waals surface area contributed by atoms with Crippen molar-refractivity contribution in [1.29, 1.82) is 0 Å². The highest BCUT2D eigenvalue weighted by Gasteiger charge is 2.25. The molecule has 0 heterocycles. The minimum atomic E-state index is -4.45. The second-order valence-electron chi connectivity index (χ2n) is 6.27. The number of ether oxygens (including phenoxy) is 1. The second kappa shape index (κ2) is 9.64. The minimum absolute atomic E-state index is 0.164.